The van der Waals surface area contributed by atoms with Crippen LogP contribution in [0.25, 0.3) is 0 Å². The van der Waals surface area contributed by atoms with Gasteiger partial charge in [0.25, 0.3) is 0 Å². The van der Waals surface area contributed by atoms with Crippen LogP contribution in [0.15, 0.2) is 22.3 Å². The summed E-state index contributed by atoms with van der Waals surface area (Å²) >= 11 is 0. The van der Waals surface area contributed by atoms with Crippen molar-refractivity contribution in [2.24, 2.45) is 5.92 Å². The second-order valence-corrected chi connectivity index (χ2v) is 4.54. The third-order valence-corrected chi connectivity index (χ3v) is 2.87. The third kappa shape index (κ3) is 4.65. The zero-order valence-corrected chi connectivity index (χ0v) is 11.7. The summed E-state index contributed by atoms with van der Waals surface area (Å²) in [6, 6.07) is 0. The Labute approximate surface area is 144 Å². The molecule has 0 spiro atoms. The van der Waals surface area contributed by atoms with Gasteiger partial charge in [-0.3, -0.25) is 0 Å². The average Bonchev–Trinajstić information content (AvgIpc) is 2.61. The van der Waals surface area contributed by atoms with Crippen LogP contribution >= 0.6 is 0 Å². The van der Waals surface area contributed by atoms with Gasteiger partial charge in [0, 0.05) is 18.9 Å². The van der Waals surface area contributed by atoms with Crippen molar-refractivity contribution in [3.05, 3.63) is 22.3 Å². The molecule has 0 bridgehead atoms. The molecule has 0 amide bonds. The van der Waals surface area contributed by atoms with Crippen molar-refractivity contribution >= 4 is 18.9 Å². The van der Waals surface area contributed by atoms with Crippen LogP contribution in [0.5, 0.6) is 0 Å². The van der Waals surface area contributed by atoms with Gasteiger partial charge in [0.15, 0.2) is 0 Å². The van der Waals surface area contributed by atoms with E-state index >= 15 is 0 Å². The Hall–Kier alpha value is -0.973. The molecule has 0 nitrogen and oxygen atoms in total. The molecule has 0 atom stereocenters. The van der Waals surface area contributed by atoms with Crippen LogP contribution in [0.1, 0.15) is 0 Å². The van der Waals surface area contributed by atoms with Crippen LogP contribution in [0, 0.1) is 5.92 Å². The van der Waals surface area contributed by atoms with Crippen molar-refractivity contribution in [2.75, 3.05) is 0 Å². The van der Waals surface area contributed by atoms with Gasteiger partial charge in [-0.05, 0) is 0 Å². The fourth-order valence-electron chi connectivity index (χ4n) is 2.23. The Kier molecular flexibility index (Phi) is 6.33. The summed E-state index contributed by atoms with van der Waals surface area (Å²) in [6.45, 7) is 0. The van der Waals surface area contributed by atoms with E-state index in [2.05, 4.69) is 0 Å². The summed E-state index contributed by atoms with van der Waals surface area (Å²) in [4.78, 5) is 0. The van der Waals surface area contributed by atoms with Gasteiger partial charge in [0.2, 0.25) is 0 Å². The van der Waals surface area contributed by atoms with Crippen molar-refractivity contribution in [1.82, 2.24) is 0 Å². The molecule has 147 valence electrons. The molecule has 0 fully saturated rings. The predicted molar refractivity (Wildman–Crippen MR) is 53.6 cm³/mol. The first-order chi connectivity index (χ1) is 10.6. The van der Waals surface area contributed by atoms with Gasteiger partial charge < -0.3 is 0 Å². The minimum atomic E-state index is -6.79. The van der Waals surface area contributed by atoms with E-state index in [1.165, 1.54) is 0 Å². The molecule has 1 rings (SSSR count). The van der Waals surface area contributed by atoms with Crippen LogP contribution in [0.3, 0.4) is 0 Å². The summed E-state index contributed by atoms with van der Waals surface area (Å²) in [5.41, 5.74) is -16.1. The van der Waals surface area contributed by atoms with Crippen LogP contribution in [-0.4, -0.2) is 49.7 Å². The van der Waals surface area contributed by atoms with Gasteiger partial charge in [0.1, 0.15) is 5.92 Å². The summed E-state index contributed by atoms with van der Waals surface area (Å²) in [7, 11) is 0. The minimum absolute atomic E-state index is 0. The first-order valence-corrected chi connectivity index (χ1v) is 5.45. The average molecular weight is 413 g/mol. The number of hydrogen-bond donors (Lipinski definition) is 0. The summed E-state index contributed by atoms with van der Waals surface area (Å²) in [6.07, 6.45) is -33.8. The Morgan fingerprint density at radius 2 is 0.654 bits per heavy atom. The molecule has 0 aromatic carbocycles. The maximum Gasteiger partial charge on any atom is 0.417 e. The monoisotopic (exact) mass is 413 g/mol. The van der Waals surface area contributed by atoms with E-state index in [1.54, 1.807) is 0 Å². The first kappa shape index (κ1) is 25.0. The molecule has 0 aliphatic heterocycles. The quantitative estimate of drug-likeness (QED) is 0.356. The SMILES string of the molecule is FC(F)(F)C1=C(C(F)(F)F)C(C(F)(F)F)C(C(F)(F)F)=C1C(F)(F)F.[Li]. The zero-order chi connectivity index (χ0) is 20.4. The molecule has 1 aliphatic carbocycles. The molecule has 26 heavy (non-hydrogen) atoms. The topological polar surface area (TPSA) is 0 Å². The van der Waals surface area contributed by atoms with E-state index in [-0.39, 0.29) is 18.9 Å². The number of rotatable bonds is 0. The summed E-state index contributed by atoms with van der Waals surface area (Å²) in [5, 5.41) is 0. The van der Waals surface area contributed by atoms with Crippen molar-refractivity contribution < 1.29 is 65.9 Å². The van der Waals surface area contributed by atoms with Crippen LogP contribution in [0.4, 0.5) is 65.9 Å². The van der Waals surface area contributed by atoms with E-state index < -0.39 is 59.1 Å². The van der Waals surface area contributed by atoms with Crippen molar-refractivity contribution in [1.29, 1.82) is 0 Å². The van der Waals surface area contributed by atoms with Gasteiger partial charge in [0.05, 0.1) is 22.3 Å². The Bertz CT molecular complexity index is 555. The summed E-state index contributed by atoms with van der Waals surface area (Å²) in [5.74, 6) is -5.18. The first-order valence-electron chi connectivity index (χ1n) is 5.45. The molecule has 0 heterocycles. The Morgan fingerprint density at radius 3 is 0.769 bits per heavy atom. The number of halogens is 15. The maximum atomic E-state index is 12.6. The second kappa shape index (κ2) is 6.57. The standard InChI is InChI=1S/C10HF15.Li/c11-6(12,13)1-2(7(14,15)16)4(9(20,21)22)5(10(23,24)25)3(1)8(17,18)19;/h1H;. The van der Waals surface area contributed by atoms with Crippen molar-refractivity contribution in [3.8, 4) is 0 Å². The second-order valence-electron chi connectivity index (χ2n) is 4.54. The molecule has 0 saturated heterocycles. The molecular formula is C10HF15Li. The van der Waals surface area contributed by atoms with E-state index in [9.17, 15) is 65.9 Å². The molecule has 0 unspecified atom stereocenters. The summed E-state index contributed by atoms with van der Waals surface area (Å²) < 4.78 is 189. The molecule has 0 N–H and O–H groups in total. The predicted octanol–water partition coefficient (Wildman–Crippen LogP) is 5.64. The molecule has 1 radical (unpaired) electrons. The fourth-order valence-corrected chi connectivity index (χ4v) is 2.23. The smallest absolute Gasteiger partial charge is 0.170 e. The Morgan fingerprint density at radius 1 is 0.423 bits per heavy atom. The number of allylic oxidation sites excluding steroid dienone is 4. The Balaban J connectivity index is 0.00000625. The van der Waals surface area contributed by atoms with Gasteiger partial charge in [-0.15, -0.1) is 0 Å². The third-order valence-electron chi connectivity index (χ3n) is 2.87. The minimum Gasteiger partial charge on any atom is -0.170 e. The zero-order valence-electron chi connectivity index (χ0n) is 11.7. The largest absolute Gasteiger partial charge is 0.417 e. The van der Waals surface area contributed by atoms with E-state index in [4.69, 9.17) is 0 Å². The van der Waals surface area contributed by atoms with Gasteiger partial charge >= 0.3 is 30.9 Å². The van der Waals surface area contributed by atoms with E-state index in [0.717, 1.165) is 0 Å². The van der Waals surface area contributed by atoms with Gasteiger partial charge in [-0.2, -0.15) is 65.9 Å². The van der Waals surface area contributed by atoms with Crippen LogP contribution in [0.2, 0.25) is 0 Å². The van der Waals surface area contributed by atoms with Crippen LogP contribution < -0.4 is 0 Å². The van der Waals surface area contributed by atoms with Gasteiger partial charge in [-0.25, -0.2) is 0 Å². The van der Waals surface area contributed by atoms with Gasteiger partial charge in [-0.1, -0.05) is 0 Å². The van der Waals surface area contributed by atoms with E-state index in [0.29, 0.717) is 0 Å². The normalized spacial score (nSPS) is 18.6. The molecule has 0 aromatic heterocycles. The van der Waals surface area contributed by atoms with Crippen molar-refractivity contribution in [3.63, 3.8) is 0 Å². The molecule has 0 saturated carbocycles. The maximum absolute atomic E-state index is 12.6. The van der Waals surface area contributed by atoms with E-state index in [1.807, 2.05) is 0 Å². The molecular weight excluding hydrogens is 412 g/mol. The molecule has 16 heteroatoms. The van der Waals surface area contributed by atoms with Crippen molar-refractivity contribution in [2.45, 2.75) is 30.9 Å². The molecule has 1 aliphatic rings. The number of hydrogen-bond acceptors (Lipinski definition) is 0. The molecule has 0 aromatic rings. The van der Waals surface area contributed by atoms with Crippen LogP contribution in [-0.2, 0) is 0 Å². The fraction of sp³-hybridized carbons (Fsp3) is 0.600. The number of alkyl halides is 15.